The zero-order chi connectivity index (χ0) is 17.7. The van der Waals surface area contributed by atoms with Crippen molar-refractivity contribution < 1.29 is 17.7 Å². The van der Waals surface area contributed by atoms with Crippen LogP contribution in [-0.4, -0.2) is 15.1 Å². The quantitative estimate of drug-likeness (QED) is 0.756. The second-order valence-electron chi connectivity index (χ2n) is 6.34. The normalized spacial score (nSPS) is 17.3. The van der Waals surface area contributed by atoms with Crippen LogP contribution in [0, 0.1) is 0 Å². The van der Waals surface area contributed by atoms with E-state index in [9.17, 15) is 13.2 Å². The molecule has 1 saturated carbocycles. The van der Waals surface area contributed by atoms with Crippen molar-refractivity contribution in [1.82, 2.24) is 15.1 Å². The third-order valence-corrected chi connectivity index (χ3v) is 4.67. The summed E-state index contributed by atoms with van der Waals surface area (Å²) in [5, 5.41) is 4.28. The Bertz CT molecular complexity index is 929. The summed E-state index contributed by atoms with van der Waals surface area (Å²) in [7, 11) is 0. The number of alkyl halides is 3. The van der Waals surface area contributed by atoms with Crippen molar-refractivity contribution in [1.29, 1.82) is 0 Å². The predicted octanol–water partition coefficient (Wildman–Crippen LogP) is 4.03. The Balaban J connectivity index is 1.84. The van der Waals surface area contributed by atoms with Crippen LogP contribution >= 0.6 is 0 Å². The number of benzene rings is 1. The topological polar surface area (TPSA) is 77.8 Å². The SMILES string of the molecule is NC1(c2noc(-c3ccnc4c(C(F)(F)F)cccc34)n2)CCCC1. The molecule has 1 aliphatic rings. The van der Waals surface area contributed by atoms with Gasteiger partial charge in [0.25, 0.3) is 5.89 Å². The molecular weight excluding hydrogens is 333 g/mol. The molecule has 2 heterocycles. The zero-order valence-electron chi connectivity index (χ0n) is 13.2. The summed E-state index contributed by atoms with van der Waals surface area (Å²) in [5.74, 6) is 0.551. The number of rotatable bonds is 2. The van der Waals surface area contributed by atoms with E-state index in [1.165, 1.54) is 12.3 Å². The molecule has 0 spiro atoms. The molecule has 0 amide bonds. The minimum absolute atomic E-state index is 0.143. The Hall–Kier alpha value is -2.48. The van der Waals surface area contributed by atoms with Crippen molar-refractivity contribution in [2.24, 2.45) is 5.73 Å². The molecule has 2 N–H and O–H groups in total. The number of aromatic nitrogens is 3. The van der Waals surface area contributed by atoms with E-state index in [-0.39, 0.29) is 11.4 Å². The summed E-state index contributed by atoms with van der Waals surface area (Å²) >= 11 is 0. The molecule has 1 aliphatic carbocycles. The second kappa shape index (κ2) is 5.52. The molecule has 0 unspecified atom stereocenters. The molecule has 0 aliphatic heterocycles. The molecule has 4 rings (SSSR count). The van der Waals surface area contributed by atoms with E-state index in [4.69, 9.17) is 10.3 Å². The molecule has 0 bridgehead atoms. The lowest BCUT2D eigenvalue weighted by molar-refractivity contribution is -0.136. The molecule has 130 valence electrons. The molecule has 2 aromatic heterocycles. The van der Waals surface area contributed by atoms with Gasteiger partial charge in [0.2, 0.25) is 0 Å². The van der Waals surface area contributed by atoms with Gasteiger partial charge in [-0.05, 0) is 25.0 Å². The van der Waals surface area contributed by atoms with Crippen LogP contribution in [0.2, 0.25) is 0 Å². The summed E-state index contributed by atoms with van der Waals surface area (Å²) in [4.78, 5) is 8.26. The van der Waals surface area contributed by atoms with Crippen LogP contribution in [0.3, 0.4) is 0 Å². The molecule has 0 atom stereocenters. The van der Waals surface area contributed by atoms with Gasteiger partial charge < -0.3 is 10.3 Å². The van der Waals surface area contributed by atoms with Crippen molar-refractivity contribution in [3.63, 3.8) is 0 Å². The standard InChI is InChI=1S/C17H15F3N4O/c18-17(19,20)12-5-3-4-10-11(6-9-22-13(10)12)14-23-15(24-25-14)16(21)7-1-2-8-16/h3-6,9H,1-2,7-8,21H2. The van der Waals surface area contributed by atoms with Gasteiger partial charge in [-0.1, -0.05) is 30.1 Å². The van der Waals surface area contributed by atoms with Gasteiger partial charge in [0.1, 0.15) is 0 Å². The van der Waals surface area contributed by atoms with Crippen molar-refractivity contribution in [2.45, 2.75) is 37.4 Å². The number of halogens is 3. The van der Waals surface area contributed by atoms with Crippen LogP contribution < -0.4 is 5.73 Å². The van der Waals surface area contributed by atoms with Crippen LogP contribution in [0.1, 0.15) is 37.1 Å². The zero-order valence-corrected chi connectivity index (χ0v) is 13.2. The molecule has 5 nitrogen and oxygen atoms in total. The van der Waals surface area contributed by atoms with E-state index in [0.717, 1.165) is 31.7 Å². The smallest absolute Gasteiger partial charge is 0.334 e. The first-order valence-corrected chi connectivity index (χ1v) is 7.97. The monoisotopic (exact) mass is 348 g/mol. The van der Waals surface area contributed by atoms with E-state index < -0.39 is 17.3 Å². The van der Waals surface area contributed by atoms with Crippen molar-refractivity contribution in [2.75, 3.05) is 0 Å². The lowest BCUT2D eigenvalue weighted by Gasteiger charge is -2.17. The van der Waals surface area contributed by atoms with E-state index in [1.807, 2.05) is 0 Å². The maximum atomic E-state index is 13.2. The van der Waals surface area contributed by atoms with Gasteiger partial charge in [-0.25, -0.2) is 0 Å². The average Bonchev–Trinajstić information content (AvgIpc) is 3.23. The van der Waals surface area contributed by atoms with E-state index in [2.05, 4.69) is 15.1 Å². The molecular formula is C17H15F3N4O. The highest BCUT2D eigenvalue weighted by molar-refractivity contribution is 5.94. The highest BCUT2D eigenvalue weighted by Gasteiger charge is 2.37. The summed E-state index contributed by atoms with van der Waals surface area (Å²) in [6.07, 6.45) is 0.338. The molecule has 8 heteroatoms. The maximum Gasteiger partial charge on any atom is 0.418 e. The van der Waals surface area contributed by atoms with Gasteiger partial charge in [-0.3, -0.25) is 4.98 Å². The molecule has 1 aromatic carbocycles. The number of pyridine rings is 1. The van der Waals surface area contributed by atoms with Gasteiger partial charge in [-0.15, -0.1) is 0 Å². The third kappa shape index (κ3) is 2.66. The highest BCUT2D eigenvalue weighted by atomic mass is 19.4. The predicted molar refractivity (Wildman–Crippen MR) is 84.4 cm³/mol. The fraction of sp³-hybridized carbons (Fsp3) is 0.353. The molecule has 25 heavy (non-hydrogen) atoms. The number of para-hydroxylation sites is 1. The number of nitrogens with zero attached hydrogens (tertiary/aromatic N) is 3. The van der Waals surface area contributed by atoms with Crippen molar-refractivity contribution >= 4 is 10.9 Å². The first-order chi connectivity index (χ1) is 11.9. The Morgan fingerprint density at radius 1 is 1.12 bits per heavy atom. The van der Waals surface area contributed by atoms with Crippen molar-refractivity contribution in [3.8, 4) is 11.5 Å². The highest BCUT2D eigenvalue weighted by Crippen LogP contribution is 2.38. The van der Waals surface area contributed by atoms with Crippen LogP contribution in [-0.2, 0) is 11.7 Å². The molecule has 0 saturated heterocycles. The fourth-order valence-electron chi connectivity index (χ4n) is 3.36. The molecule has 0 radical (unpaired) electrons. The summed E-state index contributed by atoms with van der Waals surface area (Å²) < 4.78 is 44.9. The fourth-order valence-corrected chi connectivity index (χ4v) is 3.36. The van der Waals surface area contributed by atoms with Gasteiger partial charge in [-0.2, -0.15) is 18.2 Å². The van der Waals surface area contributed by atoms with E-state index >= 15 is 0 Å². The summed E-state index contributed by atoms with van der Waals surface area (Å²) in [5.41, 5.74) is 5.17. The summed E-state index contributed by atoms with van der Waals surface area (Å²) in [6, 6.07) is 5.48. The number of fused-ring (bicyclic) bond motifs is 1. The average molecular weight is 348 g/mol. The molecule has 3 aromatic rings. The van der Waals surface area contributed by atoms with Crippen LogP contribution in [0.5, 0.6) is 0 Å². The minimum atomic E-state index is -4.49. The first kappa shape index (κ1) is 16.0. The Morgan fingerprint density at radius 3 is 2.60 bits per heavy atom. The third-order valence-electron chi connectivity index (χ3n) is 4.67. The van der Waals surface area contributed by atoms with Crippen molar-refractivity contribution in [3.05, 3.63) is 41.9 Å². The van der Waals surface area contributed by atoms with Gasteiger partial charge >= 0.3 is 6.18 Å². The van der Waals surface area contributed by atoms with Gasteiger partial charge in [0.05, 0.1) is 22.2 Å². The Morgan fingerprint density at radius 2 is 1.88 bits per heavy atom. The second-order valence-corrected chi connectivity index (χ2v) is 6.34. The number of hydrogen-bond donors (Lipinski definition) is 1. The Kier molecular flexibility index (Phi) is 3.54. The van der Waals surface area contributed by atoms with E-state index in [0.29, 0.717) is 16.8 Å². The minimum Gasteiger partial charge on any atom is -0.334 e. The number of hydrogen-bond acceptors (Lipinski definition) is 5. The van der Waals surface area contributed by atoms with Crippen LogP contribution in [0.15, 0.2) is 35.0 Å². The number of nitrogens with two attached hydrogens (primary N) is 1. The largest absolute Gasteiger partial charge is 0.418 e. The lowest BCUT2D eigenvalue weighted by Crippen LogP contribution is -2.34. The first-order valence-electron chi connectivity index (χ1n) is 7.97. The van der Waals surface area contributed by atoms with Crippen LogP contribution in [0.25, 0.3) is 22.4 Å². The lowest BCUT2D eigenvalue weighted by atomic mass is 9.98. The maximum absolute atomic E-state index is 13.2. The van der Waals surface area contributed by atoms with E-state index in [1.54, 1.807) is 12.1 Å². The van der Waals surface area contributed by atoms with Gasteiger partial charge in [0, 0.05) is 11.6 Å². The Labute approximate surface area is 141 Å². The molecule has 1 fully saturated rings. The van der Waals surface area contributed by atoms with Crippen LogP contribution in [0.4, 0.5) is 13.2 Å². The summed E-state index contributed by atoms with van der Waals surface area (Å²) in [6.45, 7) is 0. The van der Waals surface area contributed by atoms with Gasteiger partial charge in [0.15, 0.2) is 5.82 Å².